The number of hydrogen-bond donors (Lipinski definition) is 1. The maximum Gasteiger partial charge on any atom is 0.240 e. The van der Waals surface area contributed by atoms with Gasteiger partial charge in [-0.1, -0.05) is 44.2 Å². The SMILES string of the molecule is CC(C)[C@H](C)NS(=O)(=O)c1ccc2ccccc2c1. The van der Waals surface area contributed by atoms with Crippen LogP contribution in [-0.4, -0.2) is 14.5 Å². The van der Waals surface area contributed by atoms with Crippen molar-refractivity contribution < 1.29 is 8.42 Å². The quantitative estimate of drug-likeness (QED) is 0.933. The van der Waals surface area contributed by atoms with Gasteiger partial charge in [0.25, 0.3) is 0 Å². The molecule has 0 spiro atoms. The lowest BCUT2D eigenvalue weighted by molar-refractivity contribution is 0.476. The molecule has 2 rings (SSSR count). The third kappa shape index (κ3) is 3.14. The van der Waals surface area contributed by atoms with E-state index in [0.717, 1.165) is 10.8 Å². The van der Waals surface area contributed by atoms with Crippen LogP contribution in [-0.2, 0) is 10.0 Å². The van der Waals surface area contributed by atoms with Crippen LogP contribution in [0.2, 0.25) is 0 Å². The maximum atomic E-state index is 12.3. The minimum atomic E-state index is -3.45. The zero-order valence-electron chi connectivity index (χ0n) is 11.4. The fourth-order valence-electron chi connectivity index (χ4n) is 1.78. The molecule has 0 heterocycles. The van der Waals surface area contributed by atoms with Crippen LogP contribution < -0.4 is 4.72 Å². The average Bonchev–Trinajstić information content (AvgIpc) is 2.37. The van der Waals surface area contributed by atoms with Crippen molar-refractivity contribution in [2.24, 2.45) is 5.92 Å². The fraction of sp³-hybridized carbons (Fsp3) is 0.333. The summed E-state index contributed by atoms with van der Waals surface area (Å²) in [6.07, 6.45) is 0. The molecule has 4 heteroatoms. The summed E-state index contributed by atoms with van der Waals surface area (Å²) in [6, 6.07) is 12.8. The molecule has 0 unspecified atom stereocenters. The van der Waals surface area contributed by atoms with Gasteiger partial charge in [0.05, 0.1) is 4.90 Å². The van der Waals surface area contributed by atoms with Crippen molar-refractivity contribution >= 4 is 20.8 Å². The average molecular weight is 277 g/mol. The number of nitrogens with one attached hydrogen (secondary N) is 1. The zero-order chi connectivity index (χ0) is 14.0. The van der Waals surface area contributed by atoms with Gasteiger partial charge in [0.2, 0.25) is 10.0 Å². The molecule has 1 N–H and O–H groups in total. The van der Waals surface area contributed by atoms with Crippen LogP contribution in [0.3, 0.4) is 0 Å². The largest absolute Gasteiger partial charge is 0.240 e. The maximum absolute atomic E-state index is 12.3. The summed E-state index contributed by atoms with van der Waals surface area (Å²) in [5.41, 5.74) is 0. The lowest BCUT2D eigenvalue weighted by atomic mass is 10.1. The minimum Gasteiger partial charge on any atom is -0.208 e. The van der Waals surface area contributed by atoms with Crippen LogP contribution in [0.5, 0.6) is 0 Å². The zero-order valence-corrected chi connectivity index (χ0v) is 12.2. The second-order valence-electron chi connectivity index (χ2n) is 5.16. The van der Waals surface area contributed by atoms with Crippen molar-refractivity contribution in [2.45, 2.75) is 31.7 Å². The van der Waals surface area contributed by atoms with Crippen LogP contribution in [0, 0.1) is 5.92 Å². The van der Waals surface area contributed by atoms with E-state index in [2.05, 4.69) is 4.72 Å². The molecule has 0 aliphatic heterocycles. The molecular weight excluding hydrogens is 258 g/mol. The lowest BCUT2D eigenvalue weighted by Crippen LogP contribution is -2.36. The number of hydrogen-bond acceptors (Lipinski definition) is 2. The number of benzene rings is 2. The summed E-state index contributed by atoms with van der Waals surface area (Å²) in [5.74, 6) is 0.259. The van der Waals surface area contributed by atoms with Crippen molar-refractivity contribution in [3.8, 4) is 0 Å². The molecule has 0 saturated carbocycles. The molecule has 1 atom stereocenters. The van der Waals surface area contributed by atoms with Gasteiger partial charge < -0.3 is 0 Å². The predicted molar refractivity (Wildman–Crippen MR) is 78.6 cm³/mol. The Kier molecular flexibility index (Phi) is 3.92. The minimum absolute atomic E-state index is 0.0866. The van der Waals surface area contributed by atoms with Gasteiger partial charge in [-0.3, -0.25) is 0 Å². The van der Waals surface area contributed by atoms with Gasteiger partial charge in [-0.25, -0.2) is 13.1 Å². The van der Waals surface area contributed by atoms with Gasteiger partial charge in [-0.05, 0) is 35.7 Å². The van der Waals surface area contributed by atoms with E-state index in [9.17, 15) is 8.42 Å². The van der Waals surface area contributed by atoms with Crippen molar-refractivity contribution in [3.63, 3.8) is 0 Å². The smallest absolute Gasteiger partial charge is 0.208 e. The van der Waals surface area contributed by atoms with E-state index in [-0.39, 0.29) is 12.0 Å². The molecule has 102 valence electrons. The van der Waals surface area contributed by atoms with E-state index >= 15 is 0 Å². The molecule has 2 aromatic carbocycles. The Balaban J connectivity index is 2.38. The normalized spacial score (nSPS) is 13.9. The first-order valence-corrected chi connectivity index (χ1v) is 7.89. The lowest BCUT2D eigenvalue weighted by Gasteiger charge is -2.17. The Bertz CT molecular complexity index is 677. The Labute approximate surface area is 114 Å². The van der Waals surface area contributed by atoms with Gasteiger partial charge in [0.1, 0.15) is 0 Å². The van der Waals surface area contributed by atoms with Crippen LogP contribution in [0.15, 0.2) is 47.4 Å². The number of sulfonamides is 1. The Morgan fingerprint density at radius 1 is 0.947 bits per heavy atom. The van der Waals surface area contributed by atoms with Crippen LogP contribution in [0.4, 0.5) is 0 Å². The number of fused-ring (bicyclic) bond motifs is 1. The summed E-state index contributed by atoms with van der Waals surface area (Å²) >= 11 is 0. The highest BCUT2D eigenvalue weighted by Gasteiger charge is 2.19. The number of rotatable bonds is 4. The van der Waals surface area contributed by atoms with Gasteiger partial charge in [-0.15, -0.1) is 0 Å². The summed E-state index contributed by atoms with van der Waals surface area (Å²) in [4.78, 5) is 0.318. The monoisotopic (exact) mass is 277 g/mol. The molecule has 0 aromatic heterocycles. The van der Waals surface area contributed by atoms with E-state index in [4.69, 9.17) is 0 Å². The van der Waals surface area contributed by atoms with Crippen molar-refractivity contribution in [1.82, 2.24) is 4.72 Å². The molecule has 3 nitrogen and oxygen atoms in total. The van der Waals surface area contributed by atoms with Gasteiger partial charge in [0.15, 0.2) is 0 Å². The summed E-state index contributed by atoms with van der Waals surface area (Å²) in [5, 5.41) is 1.97. The first-order chi connectivity index (χ1) is 8.90. The first-order valence-electron chi connectivity index (χ1n) is 6.41. The molecule has 0 bridgehead atoms. The Morgan fingerprint density at radius 3 is 2.21 bits per heavy atom. The molecule has 0 fully saturated rings. The highest BCUT2D eigenvalue weighted by molar-refractivity contribution is 7.89. The van der Waals surface area contributed by atoms with Crippen molar-refractivity contribution in [2.75, 3.05) is 0 Å². The molecule has 0 saturated heterocycles. The summed E-state index contributed by atoms with van der Waals surface area (Å²) in [7, 11) is -3.45. The van der Waals surface area contributed by atoms with Crippen LogP contribution >= 0.6 is 0 Å². The molecule has 0 radical (unpaired) electrons. The standard InChI is InChI=1S/C15H19NO2S/c1-11(2)12(3)16-19(17,18)15-9-8-13-6-4-5-7-14(13)10-15/h4-12,16H,1-3H3/t12-/m0/s1. The molecule has 0 aliphatic carbocycles. The van der Waals surface area contributed by atoms with E-state index in [1.54, 1.807) is 12.1 Å². The predicted octanol–water partition coefficient (Wildman–Crippen LogP) is 3.16. The molecular formula is C15H19NO2S. The van der Waals surface area contributed by atoms with E-state index in [1.807, 2.05) is 51.1 Å². The summed E-state index contributed by atoms with van der Waals surface area (Å²) < 4.78 is 27.3. The Hall–Kier alpha value is -1.39. The van der Waals surface area contributed by atoms with Gasteiger partial charge >= 0.3 is 0 Å². The highest BCUT2D eigenvalue weighted by atomic mass is 32.2. The molecule has 19 heavy (non-hydrogen) atoms. The fourth-order valence-corrected chi connectivity index (χ4v) is 3.21. The second kappa shape index (κ2) is 5.31. The molecule has 0 amide bonds. The third-order valence-corrected chi connectivity index (χ3v) is 4.93. The van der Waals surface area contributed by atoms with Gasteiger partial charge in [-0.2, -0.15) is 0 Å². The van der Waals surface area contributed by atoms with Crippen LogP contribution in [0.1, 0.15) is 20.8 Å². The van der Waals surface area contributed by atoms with Crippen LogP contribution in [0.25, 0.3) is 10.8 Å². The first kappa shape index (κ1) is 14.0. The molecule has 2 aromatic rings. The second-order valence-corrected chi connectivity index (χ2v) is 6.88. The third-order valence-electron chi connectivity index (χ3n) is 3.37. The molecule has 0 aliphatic rings. The van der Waals surface area contributed by atoms with E-state index in [0.29, 0.717) is 4.90 Å². The summed E-state index contributed by atoms with van der Waals surface area (Å²) in [6.45, 7) is 5.87. The van der Waals surface area contributed by atoms with E-state index in [1.165, 1.54) is 0 Å². The Morgan fingerprint density at radius 2 is 1.58 bits per heavy atom. The topological polar surface area (TPSA) is 46.2 Å². The van der Waals surface area contributed by atoms with Crippen molar-refractivity contribution in [1.29, 1.82) is 0 Å². The van der Waals surface area contributed by atoms with E-state index < -0.39 is 10.0 Å². The van der Waals surface area contributed by atoms with Gasteiger partial charge in [0, 0.05) is 6.04 Å². The van der Waals surface area contributed by atoms with Crippen molar-refractivity contribution in [3.05, 3.63) is 42.5 Å². The highest BCUT2D eigenvalue weighted by Crippen LogP contribution is 2.19.